The molecule has 1 atom stereocenters. The standard InChI is InChI=1S/C16H17F3O4/c1-3-5-22-12-8-13-10(6-9(12)4-2)7-11(15(20)21)14(23-13)16(17,18)19/h6-8,14H,3-5H2,1-2H3,(H,20,21). The number of carbonyl (C=O) groups is 1. The molecule has 1 aliphatic rings. The summed E-state index contributed by atoms with van der Waals surface area (Å²) in [4.78, 5) is 11.1. The van der Waals surface area contributed by atoms with Crippen LogP contribution in [0, 0.1) is 0 Å². The monoisotopic (exact) mass is 330 g/mol. The molecule has 0 bridgehead atoms. The number of rotatable bonds is 5. The Morgan fingerprint density at radius 2 is 2.04 bits per heavy atom. The van der Waals surface area contributed by atoms with E-state index in [1.54, 1.807) is 6.07 Å². The second kappa shape index (κ2) is 6.52. The van der Waals surface area contributed by atoms with Gasteiger partial charge in [0.15, 0.2) is 0 Å². The van der Waals surface area contributed by atoms with Crippen molar-refractivity contribution in [3.05, 3.63) is 28.8 Å². The smallest absolute Gasteiger partial charge is 0.430 e. The van der Waals surface area contributed by atoms with Crippen molar-refractivity contribution >= 4 is 12.0 Å². The maximum atomic E-state index is 13.0. The van der Waals surface area contributed by atoms with Gasteiger partial charge in [-0.1, -0.05) is 13.8 Å². The second-order valence-corrected chi connectivity index (χ2v) is 5.14. The first-order valence-electron chi connectivity index (χ1n) is 7.25. The molecule has 1 aromatic carbocycles. The van der Waals surface area contributed by atoms with Crippen molar-refractivity contribution < 1.29 is 32.5 Å². The quantitative estimate of drug-likeness (QED) is 0.891. The van der Waals surface area contributed by atoms with Crippen LogP contribution >= 0.6 is 0 Å². The number of benzene rings is 1. The number of aliphatic carboxylic acids is 1. The summed E-state index contributed by atoms with van der Waals surface area (Å²) < 4.78 is 49.6. The summed E-state index contributed by atoms with van der Waals surface area (Å²) >= 11 is 0. The van der Waals surface area contributed by atoms with Gasteiger partial charge in [0.25, 0.3) is 0 Å². The van der Waals surface area contributed by atoms with Gasteiger partial charge in [-0.3, -0.25) is 0 Å². The van der Waals surface area contributed by atoms with Gasteiger partial charge in [-0.25, -0.2) is 4.79 Å². The lowest BCUT2D eigenvalue weighted by atomic mass is 9.98. The Balaban J connectivity index is 2.50. The van der Waals surface area contributed by atoms with E-state index in [4.69, 9.17) is 14.6 Å². The molecule has 0 saturated heterocycles. The predicted octanol–water partition coefficient (Wildman–Crippen LogP) is 3.83. The van der Waals surface area contributed by atoms with Crippen LogP contribution in [0.25, 0.3) is 6.08 Å². The van der Waals surface area contributed by atoms with E-state index < -0.39 is 23.8 Å². The fourth-order valence-electron chi connectivity index (χ4n) is 2.31. The number of hydrogen-bond donors (Lipinski definition) is 1. The highest BCUT2D eigenvalue weighted by Crippen LogP contribution is 2.40. The zero-order chi connectivity index (χ0) is 17.2. The summed E-state index contributed by atoms with van der Waals surface area (Å²) in [5.74, 6) is -1.22. The summed E-state index contributed by atoms with van der Waals surface area (Å²) in [5, 5.41) is 9.02. The number of carboxylic acid groups (broad SMARTS) is 1. The maximum absolute atomic E-state index is 13.0. The molecular formula is C16H17F3O4. The topological polar surface area (TPSA) is 55.8 Å². The van der Waals surface area contributed by atoms with Crippen molar-refractivity contribution in [3.8, 4) is 11.5 Å². The van der Waals surface area contributed by atoms with Gasteiger partial charge < -0.3 is 14.6 Å². The Kier molecular flexibility index (Phi) is 4.87. The largest absolute Gasteiger partial charge is 0.493 e. The molecule has 1 unspecified atom stereocenters. The van der Waals surface area contributed by atoms with E-state index in [9.17, 15) is 18.0 Å². The average Bonchev–Trinajstić information content (AvgIpc) is 2.49. The van der Waals surface area contributed by atoms with E-state index in [0.717, 1.165) is 18.1 Å². The van der Waals surface area contributed by atoms with Gasteiger partial charge in [0, 0.05) is 11.6 Å². The maximum Gasteiger partial charge on any atom is 0.430 e. The molecule has 23 heavy (non-hydrogen) atoms. The zero-order valence-corrected chi connectivity index (χ0v) is 12.7. The van der Waals surface area contributed by atoms with E-state index in [-0.39, 0.29) is 5.75 Å². The first kappa shape index (κ1) is 17.2. The molecule has 0 aliphatic carbocycles. The summed E-state index contributed by atoms with van der Waals surface area (Å²) in [6.45, 7) is 4.23. The molecule has 1 heterocycles. The van der Waals surface area contributed by atoms with E-state index >= 15 is 0 Å². The summed E-state index contributed by atoms with van der Waals surface area (Å²) in [7, 11) is 0. The number of alkyl halides is 3. The molecular weight excluding hydrogens is 313 g/mol. The molecule has 0 saturated carbocycles. The van der Waals surface area contributed by atoms with Crippen LogP contribution in [0.2, 0.25) is 0 Å². The minimum atomic E-state index is -4.81. The fraction of sp³-hybridized carbons (Fsp3) is 0.438. The summed E-state index contributed by atoms with van der Waals surface area (Å²) in [6.07, 6.45) is -4.92. The van der Waals surface area contributed by atoms with E-state index in [2.05, 4.69) is 0 Å². The van der Waals surface area contributed by atoms with Crippen LogP contribution in [0.15, 0.2) is 17.7 Å². The number of aryl methyl sites for hydroxylation is 1. The van der Waals surface area contributed by atoms with Crippen molar-refractivity contribution in [2.75, 3.05) is 6.61 Å². The van der Waals surface area contributed by atoms with E-state index in [0.29, 0.717) is 24.3 Å². The van der Waals surface area contributed by atoms with Crippen LogP contribution in [-0.2, 0) is 11.2 Å². The molecule has 0 fully saturated rings. The molecule has 1 aromatic rings. The molecule has 1 aliphatic heterocycles. The highest BCUT2D eigenvalue weighted by atomic mass is 19.4. The van der Waals surface area contributed by atoms with Crippen molar-refractivity contribution in [1.82, 2.24) is 0 Å². The van der Waals surface area contributed by atoms with Crippen LogP contribution in [0.5, 0.6) is 11.5 Å². The third-order valence-corrected chi connectivity index (χ3v) is 3.42. The van der Waals surface area contributed by atoms with Gasteiger partial charge in [0.2, 0.25) is 6.10 Å². The molecule has 126 valence electrons. The van der Waals surface area contributed by atoms with Gasteiger partial charge in [-0.05, 0) is 30.5 Å². The van der Waals surface area contributed by atoms with Crippen molar-refractivity contribution in [3.63, 3.8) is 0 Å². The lowest BCUT2D eigenvalue weighted by Gasteiger charge is -2.28. The first-order valence-corrected chi connectivity index (χ1v) is 7.25. The Bertz CT molecular complexity index is 635. The van der Waals surface area contributed by atoms with E-state index in [1.807, 2.05) is 13.8 Å². The number of ether oxygens (including phenoxy) is 2. The Morgan fingerprint density at radius 1 is 1.35 bits per heavy atom. The molecule has 7 heteroatoms. The van der Waals surface area contributed by atoms with Crippen LogP contribution in [0.1, 0.15) is 31.4 Å². The lowest BCUT2D eigenvalue weighted by Crippen LogP contribution is -2.40. The predicted molar refractivity (Wildman–Crippen MR) is 77.7 cm³/mol. The molecule has 2 rings (SSSR count). The third kappa shape index (κ3) is 3.60. The normalized spacial score (nSPS) is 17.1. The molecule has 0 spiro atoms. The fourth-order valence-corrected chi connectivity index (χ4v) is 2.31. The Hall–Kier alpha value is -2.18. The highest BCUT2D eigenvalue weighted by molar-refractivity contribution is 5.95. The van der Waals surface area contributed by atoms with Gasteiger partial charge in [-0.15, -0.1) is 0 Å². The van der Waals surface area contributed by atoms with E-state index in [1.165, 1.54) is 6.07 Å². The van der Waals surface area contributed by atoms with Gasteiger partial charge in [-0.2, -0.15) is 13.2 Å². The first-order chi connectivity index (χ1) is 10.8. The van der Waals surface area contributed by atoms with Crippen LogP contribution < -0.4 is 9.47 Å². The molecule has 0 aromatic heterocycles. The summed E-state index contributed by atoms with van der Waals surface area (Å²) in [5.41, 5.74) is 0.269. The second-order valence-electron chi connectivity index (χ2n) is 5.14. The lowest BCUT2D eigenvalue weighted by molar-refractivity contribution is -0.187. The number of hydrogen-bond acceptors (Lipinski definition) is 3. The zero-order valence-electron chi connectivity index (χ0n) is 12.7. The van der Waals surface area contributed by atoms with Gasteiger partial charge in [0.1, 0.15) is 11.5 Å². The van der Waals surface area contributed by atoms with Gasteiger partial charge >= 0.3 is 12.1 Å². The molecule has 1 N–H and O–H groups in total. The van der Waals surface area contributed by atoms with Crippen molar-refractivity contribution in [2.24, 2.45) is 0 Å². The molecule has 4 nitrogen and oxygen atoms in total. The minimum absolute atomic E-state index is 0.0272. The highest BCUT2D eigenvalue weighted by Gasteiger charge is 2.48. The van der Waals surface area contributed by atoms with Crippen LogP contribution in [-0.4, -0.2) is 30.0 Å². The van der Waals surface area contributed by atoms with Gasteiger partial charge in [0.05, 0.1) is 12.2 Å². The van der Waals surface area contributed by atoms with Crippen LogP contribution in [0.3, 0.4) is 0 Å². The molecule has 0 amide bonds. The minimum Gasteiger partial charge on any atom is -0.493 e. The summed E-state index contributed by atoms with van der Waals surface area (Å²) in [6, 6.07) is 3.01. The Morgan fingerprint density at radius 3 is 2.57 bits per heavy atom. The van der Waals surface area contributed by atoms with Crippen LogP contribution in [0.4, 0.5) is 13.2 Å². The average molecular weight is 330 g/mol. The van der Waals surface area contributed by atoms with Crippen molar-refractivity contribution in [2.45, 2.75) is 39.0 Å². The Labute approximate surface area is 131 Å². The van der Waals surface area contributed by atoms with Crippen molar-refractivity contribution in [1.29, 1.82) is 0 Å². The SMILES string of the molecule is CCCOc1cc2c(cc1CC)C=C(C(=O)O)C(C(F)(F)F)O2. The third-order valence-electron chi connectivity index (χ3n) is 3.42. The number of fused-ring (bicyclic) bond motifs is 1. The molecule has 0 radical (unpaired) electrons. The number of halogens is 3. The number of carboxylic acids is 1.